The van der Waals surface area contributed by atoms with Crippen molar-refractivity contribution in [3.05, 3.63) is 59.3 Å². The molecule has 96 valence electrons. The highest BCUT2D eigenvalue weighted by molar-refractivity contribution is 5.77. The molecule has 1 aromatic heterocycles. The maximum atomic E-state index is 11.0. The summed E-state index contributed by atoms with van der Waals surface area (Å²) in [6.07, 6.45) is 5.60. The molecule has 0 saturated heterocycles. The van der Waals surface area contributed by atoms with Gasteiger partial charge in [0.15, 0.2) is 6.29 Å². The van der Waals surface area contributed by atoms with Crippen molar-refractivity contribution in [3.8, 4) is 5.88 Å². The molecule has 3 heteroatoms. The van der Waals surface area contributed by atoms with Crippen molar-refractivity contribution in [2.45, 2.75) is 25.4 Å². The first-order valence-electron chi connectivity index (χ1n) is 6.53. The zero-order valence-electron chi connectivity index (χ0n) is 10.6. The number of rotatable bonds is 3. The fourth-order valence-electron chi connectivity index (χ4n) is 2.56. The summed E-state index contributed by atoms with van der Waals surface area (Å²) >= 11 is 0. The Balaban J connectivity index is 1.90. The van der Waals surface area contributed by atoms with Gasteiger partial charge in [-0.15, -0.1) is 0 Å². The largest absolute Gasteiger partial charge is 0.469 e. The molecular formula is C16H15NO2. The average Bonchev–Trinajstić information content (AvgIpc) is 2.48. The second-order valence-corrected chi connectivity index (χ2v) is 4.71. The fraction of sp³-hybridized carbons (Fsp3) is 0.250. The third-order valence-electron chi connectivity index (χ3n) is 3.50. The summed E-state index contributed by atoms with van der Waals surface area (Å²) in [4.78, 5) is 15.2. The molecule has 1 heterocycles. The lowest BCUT2D eigenvalue weighted by atomic mass is 9.89. The third-order valence-corrected chi connectivity index (χ3v) is 3.50. The van der Waals surface area contributed by atoms with Crippen LogP contribution in [-0.4, -0.2) is 11.3 Å². The maximum absolute atomic E-state index is 11.0. The minimum absolute atomic E-state index is 0.00134. The van der Waals surface area contributed by atoms with Crippen LogP contribution in [0.4, 0.5) is 0 Å². The molecule has 3 rings (SSSR count). The summed E-state index contributed by atoms with van der Waals surface area (Å²) in [5, 5.41) is 0. The van der Waals surface area contributed by atoms with Gasteiger partial charge in [-0.05, 0) is 42.5 Å². The van der Waals surface area contributed by atoms with Crippen LogP contribution in [0.1, 0.15) is 40.4 Å². The van der Waals surface area contributed by atoms with Crippen molar-refractivity contribution in [1.29, 1.82) is 0 Å². The van der Waals surface area contributed by atoms with Crippen LogP contribution >= 0.6 is 0 Å². The van der Waals surface area contributed by atoms with E-state index in [-0.39, 0.29) is 6.10 Å². The normalized spacial score (nSPS) is 17.6. The zero-order valence-corrected chi connectivity index (χ0v) is 10.6. The van der Waals surface area contributed by atoms with Gasteiger partial charge in [0.2, 0.25) is 5.88 Å². The number of nitrogens with zero attached hydrogens (tertiary/aromatic N) is 1. The minimum atomic E-state index is -0.00134. The number of carbonyl (C=O) groups is 1. The van der Waals surface area contributed by atoms with E-state index < -0.39 is 0 Å². The van der Waals surface area contributed by atoms with E-state index in [1.165, 1.54) is 11.1 Å². The Hall–Kier alpha value is -2.16. The first-order chi connectivity index (χ1) is 9.38. The number of aldehydes is 1. The number of carbonyl (C=O) groups excluding carboxylic acids is 1. The second kappa shape index (κ2) is 5.22. The maximum Gasteiger partial charge on any atom is 0.224 e. The number of pyridine rings is 1. The van der Waals surface area contributed by atoms with Gasteiger partial charge in [0.1, 0.15) is 6.10 Å². The number of ether oxygens (including phenoxy) is 1. The van der Waals surface area contributed by atoms with Crippen LogP contribution < -0.4 is 4.74 Å². The van der Waals surface area contributed by atoms with Crippen molar-refractivity contribution >= 4 is 6.29 Å². The van der Waals surface area contributed by atoms with Crippen molar-refractivity contribution in [2.75, 3.05) is 0 Å². The number of aromatic nitrogens is 1. The molecule has 0 saturated carbocycles. The molecule has 0 aliphatic heterocycles. The van der Waals surface area contributed by atoms with Crippen LogP contribution in [0.3, 0.4) is 0 Å². The van der Waals surface area contributed by atoms with Crippen molar-refractivity contribution in [2.24, 2.45) is 0 Å². The molecule has 1 unspecified atom stereocenters. The molecule has 0 spiro atoms. The highest BCUT2D eigenvalue weighted by Crippen LogP contribution is 2.33. The Bertz CT molecular complexity index is 595. The van der Waals surface area contributed by atoms with E-state index in [1.807, 2.05) is 6.07 Å². The van der Waals surface area contributed by atoms with Crippen LogP contribution in [0.15, 0.2) is 42.6 Å². The van der Waals surface area contributed by atoms with Gasteiger partial charge in [-0.2, -0.15) is 0 Å². The van der Waals surface area contributed by atoms with Gasteiger partial charge in [0.25, 0.3) is 0 Å². The van der Waals surface area contributed by atoms with Gasteiger partial charge in [0, 0.05) is 6.20 Å². The van der Waals surface area contributed by atoms with Gasteiger partial charge >= 0.3 is 0 Å². The molecule has 19 heavy (non-hydrogen) atoms. The Labute approximate surface area is 112 Å². The number of benzene rings is 1. The fourth-order valence-corrected chi connectivity index (χ4v) is 2.56. The zero-order chi connectivity index (χ0) is 13.1. The molecule has 3 nitrogen and oxygen atoms in total. The van der Waals surface area contributed by atoms with Crippen LogP contribution in [-0.2, 0) is 6.42 Å². The predicted molar refractivity (Wildman–Crippen MR) is 72.4 cm³/mol. The van der Waals surface area contributed by atoms with Gasteiger partial charge in [-0.3, -0.25) is 4.79 Å². The molecule has 0 N–H and O–H groups in total. The van der Waals surface area contributed by atoms with Crippen LogP contribution in [0.25, 0.3) is 0 Å². The van der Waals surface area contributed by atoms with Crippen LogP contribution in [0.5, 0.6) is 5.88 Å². The highest BCUT2D eigenvalue weighted by atomic mass is 16.5. The Morgan fingerprint density at radius 2 is 2.11 bits per heavy atom. The number of hydrogen-bond acceptors (Lipinski definition) is 3. The lowest BCUT2D eigenvalue weighted by Crippen LogP contribution is -2.16. The summed E-state index contributed by atoms with van der Waals surface area (Å²) in [5.41, 5.74) is 3.06. The standard InChI is InChI=1S/C16H15NO2/c18-11-13-7-4-10-17-16(13)19-15-9-3-6-12-5-1-2-8-14(12)15/h1-2,4-5,7-8,10-11,15H,3,6,9H2. The van der Waals surface area contributed by atoms with Gasteiger partial charge in [-0.1, -0.05) is 24.3 Å². The molecule has 1 aromatic carbocycles. The monoisotopic (exact) mass is 253 g/mol. The lowest BCUT2D eigenvalue weighted by molar-refractivity contribution is 0.111. The topological polar surface area (TPSA) is 39.2 Å². The number of fused-ring (bicyclic) bond motifs is 1. The average molecular weight is 253 g/mol. The molecule has 1 atom stereocenters. The predicted octanol–water partition coefficient (Wildman–Crippen LogP) is 3.35. The summed E-state index contributed by atoms with van der Waals surface area (Å²) < 4.78 is 5.96. The van der Waals surface area contributed by atoms with E-state index in [1.54, 1.807) is 18.3 Å². The molecule has 2 aromatic rings. The third kappa shape index (κ3) is 2.36. The van der Waals surface area contributed by atoms with Crippen molar-refractivity contribution < 1.29 is 9.53 Å². The molecule has 0 radical (unpaired) electrons. The van der Waals surface area contributed by atoms with E-state index in [9.17, 15) is 4.79 Å². The molecule has 0 amide bonds. The summed E-state index contributed by atoms with van der Waals surface area (Å²) in [5.74, 6) is 0.430. The smallest absolute Gasteiger partial charge is 0.224 e. The number of hydrogen-bond donors (Lipinski definition) is 0. The first kappa shape index (κ1) is 11.9. The Kier molecular flexibility index (Phi) is 3.27. The summed E-state index contributed by atoms with van der Waals surface area (Å²) in [7, 11) is 0. The lowest BCUT2D eigenvalue weighted by Gasteiger charge is -2.26. The Morgan fingerprint density at radius 3 is 3.00 bits per heavy atom. The second-order valence-electron chi connectivity index (χ2n) is 4.71. The summed E-state index contributed by atoms with van der Waals surface area (Å²) in [6, 6.07) is 11.8. The van der Waals surface area contributed by atoms with Gasteiger partial charge in [0.05, 0.1) is 5.56 Å². The van der Waals surface area contributed by atoms with Crippen LogP contribution in [0.2, 0.25) is 0 Å². The first-order valence-corrected chi connectivity index (χ1v) is 6.53. The molecular weight excluding hydrogens is 238 g/mol. The highest BCUT2D eigenvalue weighted by Gasteiger charge is 2.22. The molecule has 1 aliphatic rings. The molecule has 1 aliphatic carbocycles. The Morgan fingerprint density at radius 1 is 1.21 bits per heavy atom. The van der Waals surface area contributed by atoms with Crippen molar-refractivity contribution in [1.82, 2.24) is 4.98 Å². The van der Waals surface area contributed by atoms with E-state index >= 15 is 0 Å². The van der Waals surface area contributed by atoms with E-state index in [2.05, 4.69) is 23.2 Å². The minimum Gasteiger partial charge on any atom is -0.469 e. The van der Waals surface area contributed by atoms with Crippen LogP contribution in [0, 0.1) is 0 Å². The number of aryl methyl sites for hydroxylation is 1. The van der Waals surface area contributed by atoms with E-state index in [0.717, 1.165) is 25.5 Å². The van der Waals surface area contributed by atoms with E-state index in [4.69, 9.17) is 4.74 Å². The molecule has 0 bridgehead atoms. The summed E-state index contributed by atoms with van der Waals surface area (Å²) in [6.45, 7) is 0. The SMILES string of the molecule is O=Cc1cccnc1OC1CCCc2ccccc21. The van der Waals surface area contributed by atoms with E-state index in [0.29, 0.717) is 11.4 Å². The van der Waals surface area contributed by atoms with Gasteiger partial charge < -0.3 is 4.74 Å². The van der Waals surface area contributed by atoms with Gasteiger partial charge in [-0.25, -0.2) is 4.98 Å². The molecule has 0 fully saturated rings. The quantitative estimate of drug-likeness (QED) is 0.787. The van der Waals surface area contributed by atoms with Crippen molar-refractivity contribution in [3.63, 3.8) is 0 Å².